The second kappa shape index (κ2) is 3.63. The van der Waals surface area contributed by atoms with Gasteiger partial charge in [0.05, 0.1) is 0 Å². The minimum atomic E-state index is 0.587. The van der Waals surface area contributed by atoms with Crippen LogP contribution < -0.4 is 3.32 Å². The fraction of sp³-hybridized carbons (Fsp3) is 0. The monoisotopic (exact) mass is 209 g/mol. The third-order valence-corrected chi connectivity index (χ3v) is 1.76. The molecule has 0 N–H and O–H groups in total. The summed E-state index contributed by atoms with van der Waals surface area (Å²) >= 11 is 12.9. The van der Waals surface area contributed by atoms with Crippen molar-refractivity contribution in [3.8, 4) is 5.75 Å². The van der Waals surface area contributed by atoms with Crippen LogP contribution in [0.15, 0.2) is 18.2 Å². The van der Waals surface area contributed by atoms with Crippen LogP contribution in [0.5, 0.6) is 5.75 Å². The third kappa shape index (κ3) is 2.17. The van der Waals surface area contributed by atoms with Crippen LogP contribution in [0.2, 0.25) is 10.0 Å². The van der Waals surface area contributed by atoms with Crippen LogP contribution in [0.25, 0.3) is 0 Å². The van der Waals surface area contributed by atoms with E-state index < -0.39 is 0 Å². The van der Waals surface area contributed by atoms with Crippen LogP contribution in [-0.2, 0) is 20.8 Å². The second-order valence-corrected chi connectivity index (χ2v) is 2.90. The van der Waals surface area contributed by atoms with E-state index in [0.29, 0.717) is 15.8 Å². The summed E-state index contributed by atoms with van der Waals surface area (Å²) in [5.74, 6) is 0.678. The average molecular weight is 210 g/mol. The number of benzene rings is 1. The van der Waals surface area contributed by atoms with Crippen molar-refractivity contribution in [1.29, 1.82) is 0 Å². The molecular formula is C6H3Cl2OTi. The zero-order valence-electron chi connectivity index (χ0n) is 4.90. The van der Waals surface area contributed by atoms with Crippen LogP contribution in [0.3, 0.4) is 0 Å². The van der Waals surface area contributed by atoms with Gasteiger partial charge in [0.25, 0.3) is 0 Å². The predicted octanol–water partition coefficient (Wildman–Crippen LogP) is 2.83. The first-order valence-corrected chi connectivity index (χ1v) is 3.91. The molecule has 0 heterocycles. The molecule has 51 valence electrons. The Morgan fingerprint density at radius 2 is 1.60 bits per heavy atom. The van der Waals surface area contributed by atoms with Crippen molar-refractivity contribution >= 4 is 23.2 Å². The van der Waals surface area contributed by atoms with Crippen molar-refractivity contribution in [2.45, 2.75) is 0 Å². The zero-order valence-corrected chi connectivity index (χ0v) is 7.97. The van der Waals surface area contributed by atoms with Gasteiger partial charge in [-0.15, -0.1) is 0 Å². The summed E-state index contributed by atoms with van der Waals surface area (Å²) in [5.41, 5.74) is 0. The summed E-state index contributed by atoms with van der Waals surface area (Å²) in [4.78, 5) is 0. The Morgan fingerprint density at radius 3 is 2.00 bits per heavy atom. The van der Waals surface area contributed by atoms with E-state index in [1.54, 1.807) is 39.0 Å². The van der Waals surface area contributed by atoms with Gasteiger partial charge in [0.15, 0.2) is 0 Å². The van der Waals surface area contributed by atoms with Gasteiger partial charge in [0.2, 0.25) is 0 Å². The Balaban J connectivity index is 3.06. The van der Waals surface area contributed by atoms with Gasteiger partial charge in [0, 0.05) is 0 Å². The summed E-state index contributed by atoms with van der Waals surface area (Å²) in [7, 11) is 0. The first kappa shape index (κ1) is 8.41. The van der Waals surface area contributed by atoms with E-state index >= 15 is 0 Å². The van der Waals surface area contributed by atoms with Gasteiger partial charge in [-0.3, -0.25) is 0 Å². The van der Waals surface area contributed by atoms with E-state index in [9.17, 15) is 0 Å². The fourth-order valence-electron chi connectivity index (χ4n) is 0.587. The maximum absolute atomic E-state index is 5.66. The molecule has 0 saturated heterocycles. The molecule has 0 aliphatic rings. The van der Waals surface area contributed by atoms with E-state index in [0.717, 1.165) is 0 Å². The van der Waals surface area contributed by atoms with Gasteiger partial charge >= 0.3 is 81.3 Å². The fourth-order valence-corrected chi connectivity index (χ4v) is 1.28. The number of hydrogen-bond donors (Lipinski definition) is 0. The molecule has 0 unspecified atom stereocenters. The molecule has 0 amide bonds. The van der Waals surface area contributed by atoms with Crippen molar-refractivity contribution in [2.75, 3.05) is 0 Å². The SMILES string of the molecule is Clc1cc(Cl)cc([O][Ti])c1. The van der Waals surface area contributed by atoms with Crippen molar-refractivity contribution in [3.05, 3.63) is 28.2 Å². The Labute approximate surface area is 81.2 Å². The molecule has 1 rings (SSSR count). The maximum atomic E-state index is 5.66. The molecule has 0 bridgehead atoms. The first-order chi connectivity index (χ1) is 4.72. The Hall–Kier alpha value is 0.314. The van der Waals surface area contributed by atoms with Crippen molar-refractivity contribution < 1.29 is 24.1 Å². The Kier molecular flexibility index (Phi) is 3.06. The third-order valence-electron chi connectivity index (χ3n) is 0.954. The van der Waals surface area contributed by atoms with Crippen LogP contribution in [0.4, 0.5) is 0 Å². The van der Waals surface area contributed by atoms with E-state index in [-0.39, 0.29) is 0 Å². The van der Waals surface area contributed by atoms with Crippen LogP contribution in [0.1, 0.15) is 0 Å². The number of halogens is 2. The quantitative estimate of drug-likeness (QED) is 0.647. The van der Waals surface area contributed by atoms with Gasteiger partial charge in [-0.05, 0) is 0 Å². The summed E-state index contributed by atoms with van der Waals surface area (Å²) in [6.45, 7) is 0. The summed E-state index contributed by atoms with van der Waals surface area (Å²) in [6.07, 6.45) is 0. The van der Waals surface area contributed by atoms with Gasteiger partial charge in [-0.1, -0.05) is 0 Å². The molecule has 0 aromatic heterocycles. The van der Waals surface area contributed by atoms with E-state index in [2.05, 4.69) is 0 Å². The minimum absolute atomic E-state index is 0.587. The molecule has 4 heteroatoms. The van der Waals surface area contributed by atoms with Gasteiger partial charge in [-0.2, -0.15) is 0 Å². The van der Waals surface area contributed by atoms with E-state index in [1.165, 1.54) is 0 Å². The molecule has 0 atom stereocenters. The normalized spacial score (nSPS) is 9.30. The summed E-state index contributed by atoms with van der Waals surface area (Å²) in [5, 5.41) is 1.17. The standard InChI is InChI=1S/C6H4Cl2O.Ti/c7-4-1-5(8)3-6(9)2-4;/h1-3,9H;/q;+1/p-1. The van der Waals surface area contributed by atoms with Crippen LogP contribution >= 0.6 is 23.2 Å². The molecule has 0 spiro atoms. The molecule has 10 heavy (non-hydrogen) atoms. The zero-order chi connectivity index (χ0) is 7.56. The number of hydrogen-bond acceptors (Lipinski definition) is 1. The molecule has 0 radical (unpaired) electrons. The van der Waals surface area contributed by atoms with Crippen molar-refractivity contribution in [2.24, 2.45) is 0 Å². The molecule has 0 aliphatic carbocycles. The summed E-state index contributed by atoms with van der Waals surface area (Å²) in [6, 6.07) is 5.06. The van der Waals surface area contributed by atoms with Gasteiger partial charge in [0.1, 0.15) is 0 Å². The summed E-state index contributed by atoms with van der Waals surface area (Å²) < 4.78 is 4.91. The van der Waals surface area contributed by atoms with E-state index in [4.69, 9.17) is 26.5 Å². The van der Waals surface area contributed by atoms with Crippen molar-refractivity contribution in [3.63, 3.8) is 0 Å². The predicted molar refractivity (Wildman–Crippen MR) is 37.1 cm³/mol. The second-order valence-electron chi connectivity index (χ2n) is 1.71. The van der Waals surface area contributed by atoms with Gasteiger partial charge < -0.3 is 0 Å². The Morgan fingerprint density at radius 1 is 1.10 bits per heavy atom. The molecule has 0 saturated carbocycles. The van der Waals surface area contributed by atoms with Crippen molar-refractivity contribution in [1.82, 2.24) is 0 Å². The molecule has 1 nitrogen and oxygen atoms in total. The molecule has 0 fully saturated rings. The van der Waals surface area contributed by atoms with Crippen LogP contribution in [-0.4, -0.2) is 0 Å². The molecule has 1 aromatic rings. The Bertz CT molecular complexity index is 219. The average Bonchev–Trinajstić information content (AvgIpc) is 1.85. The number of rotatable bonds is 1. The topological polar surface area (TPSA) is 9.23 Å². The first-order valence-electron chi connectivity index (χ1n) is 2.52. The molecular weight excluding hydrogens is 207 g/mol. The van der Waals surface area contributed by atoms with Gasteiger partial charge in [-0.25, -0.2) is 0 Å². The van der Waals surface area contributed by atoms with Crippen LogP contribution in [0, 0.1) is 0 Å². The molecule has 0 aliphatic heterocycles. The molecule has 1 aromatic carbocycles. The van der Waals surface area contributed by atoms with E-state index in [1.807, 2.05) is 0 Å².